The van der Waals surface area contributed by atoms with Crippen molar-refractivity contribution in [3.63, 3.8) is 0 Å². The lowest BCUT2D eigenvalue weighted by Crippen LogP contribution is -2.11. The molecule has 1 N–H and O–H groups in total. The lowest BCUT2D eigenvalue weighted by atomic mass is 9.81. The van der Waals surface area contributed by atoms with Gasteiger partial charge in [0.05, 0.1) is 11.2 Å². The molecular weight excluding hydrogens is 224 g/mol. The Morgan fingerprint density at radius 1 is 1.25 bits per heavy atom. The molecule has 1 saturated carbocycles. The third-order valence-electron chi connectivity index (χ3n) is 3.17. The van der Waals surface area contributed by atoms with E-state index in [2.05, 4.69) is 9.97 Å². The molecule has 1 aromatic heterocycles. The number of phenols is 1. The molecule has 3 rings (SSSR count). The largest absolute Gasteiger partial charge is 0.508 e. The Balaban J connectivity index is 2.25. The first-order valence-corrected chi connectivity index (χ1v) is 5.78. The Kier molecular flexibility index (Phi) is 2.21. The molecule has 16 heavy (non-hydrogen) atoms. The molecule has 82 valence electrons. The quantitative estimate of drug-likeness (QED) is 0.771. The predicted molar refractivity (Wildman–Crippen MR) is 62.8 cm³/mol. The van der Waals surface area contributed by atoms with Crippen LogP contribution in [0.15, 0.2) is 18.2 Å². The average Bonchev–Trinajstić information content (AvgIpc) is 2.13. The second-order valence-electron chi connectivity index (χ2n) is 4.21. The van der Waals surface area contributed by atoms with Crippen molar-refractivity contribution in [2.45, 2.75) is 25.2 Å². The van der Waals surface area contributed by atoms with Crippen molar-refractivity contribution in [2.24, 2.45) is 0 Å². The summed E-state index contributed by atoms with van der Waals surface area (Å²) in [5.41, 5.74) is 1.75. The van der Waals surface area contributed by atoms with Gasteiger partial charge < -0.3 is 5.11 Å². The number of phenolic OH excluding ortho intramolecular Hbond substituents is 1. The maximum absolute atomic E-state index is 9.42. The SMILES string of the molecule is Oc1ccc2c(C3CCC3)nc(Cl)nc2c1. The van der Waals surface area contributed by atoms with Crippen molar-refractivity contribution >= 4 is 22.5 Å². The van der Waals surface area contributed by atoms with Crippen molar-refractivity contribution < 1.29 is 5.11 Å². The fraction of sp³-hybridized carbons (Fsp3) is 0.333. The second-order valence-corrected chi connectivity index (χ2v) is 4.55. The molecule has 4 heteroatoms. The fourth-order valence-electron chi connectivity index (χ4n) is 2.11. The number of nitrogens with zero attached hydrogens (tertiary/aromatic N) is 2. The molecule has 0 spiro atoms. The lowest BCUT2D eigenvalue weighted by molar-refractivity contribution is 0.413. The number of fused-ring (bicyclic) bond motifs is 1. The number of benzene rings is 1. The molecule has 1 aliphatic rings. The standard InChI is InChI=1S/C12H11ClN2O/c13-12-14-10-6-8(16)4-5-9(10)11(15-12)7-2-1-3-7/h4-7,16H,1-3H2. The van der Waals surface area contributed by atoms with Crippen LogP contribution in [-0.4, -0.2) is 15.1 Å². The van der Waals surface area contributed by atoms with Crippen LogP contribution in [0.2, 0.25) is 5.28 Å². The molecule has 0 unspecified atom stereocenters. The van der Waals surface area contributed by atoms with Gasteiger partial charge in [-0.2, -0.15) is 0 Å². The highest BCUT2D eigenvalue weighted by Gasteiger charge is 2.23. The topological polar surface area (TPSA) is 46.0 Å². The van der Waals surface area contributed by atoms with E-state index in [0.717, 1.165) is 16.6 Å². The van der Waals surface area contributed by atoms with Crippen LogP contribution >= 0.6 is 11.6 Å². The number of aromatic hydroxyl groups is 1. The van der Waals surface area contributed by atoms with E-state index in [0.29, 0.717) is 5.92 Å². The number of rotatable bonds is 1. The van der Waals surface area contributed by atoms with Gasteiger partial charge in [0, 0.05) is 17.4 Å². The van der Waals surface area contributed by atoms with Gasteiger partial charge in [-0.3, -0.25) is 0 Å². The Hall–Kier alpha value is -1.35. The van der Waals surface area contributed by atoms with Crippen molar-refractivity contribution in [1.82, 2.24) is 9.97 Å². The molecule has 2 aromatic rings. The summed E-state index contributed by atoms with van der Waals surface area (Å²) in [6.45, 7) is 0. The predicted octanol–water partition coefficient (Wildman–Crippen LogP) is 3.26. The monoisotopic (exact) mass is 234 g/mol. The van der Waals surface area contributed by atoms with Crippen molar-refractivity contribution in [2.75, 3.05) is 0 Å². The summed E-state index contributed by atoms with van der Waals surface area (Å²) in [5.74, 6) is 0.717. The number of hydrogen-bond acceptors (Lipinski definition) is 3. The van der Waals surface area contributed by atoms with Gasteiger partial charge >= 0.3 is 0 Å². The van der Waals surface area contributed by atoms with Crippen LogP contribution in [0, 0.1) is 0 Å². The Morgan fingerprint density at radius 2 is 2.06 bits per heavy atom. The molecule has 1 fully saturated rings. The summed E-state index contributed by atoms with van der Waals surface area (Å²) in [7, 11) is 0. The third kappa shape index (κ3) is 1.52. The van der Waals surface area contributed by atoms with Crippen LogP contribution in [0.25, 0.3) is 10.9 Å². The first kappa shape index (κ1) is 9.85. The molecule has 0 aliphatic heterocycles. The van der Waals surface area contributed by atoms with Gasteiger partial charge in [0.25, 0.3) is 0 Å². The van der Waals surface area contributed by atoms with E-state index in [9.17, 15) is 5.11 Å². The Bertz CT molecular complexity index is 547. The molecule has 1 aliphatic carbocycles. The molecule has 1 aromatic carbocycles. The molecule has 0 radical (unpaired) electrons. The van der Waals surface area contributed by atoms with Crippen molar-refractivity contribution in [3.05, 3.63) is 29.2 Å². The first-order valence-electron chi connectivity index (χ1n) is 5.40. The van der Waals surface area contributed by atoms with E-state index in [1.165, 1.54) is 19.3 Å². The minimum absolute atomic E-state index is 0.210. The molecular formula is C12H11ClN2O. The summed E-state index contributed by atoms with van der Waals surface area (Å²) in [6, 6.07) is 5.17. The zero-order valence-corrected chi connectivity index (χ0v) is 9.41. The average molecular weight is 235 g/mol. The highest BCUT2D eigenvalue weighted by atomic mass is 35.5. The maximum Gasteiger partial charge on any atom is 0.223 e. The molecule has 1 heterocycles. The van der Waals surface area contributed by atoms with E-state index in [-0.39, 0.29) is 11.0 Å². The maximum atomic E-state index is 9.42. The summed E-state index contributed by atoms with van der Waals surface area (Å²) >= 11 is 5.90. The Morgan fingerprint density at radius 3 is 2.75 bits per heavy atom. The van der Waals surface area contributed by atoms with Crippen LogP contribution < -0.4 is 0 Å². The fourth-order valence-corrected chi connectivity index (χ4v) is 2.29. The zero-order valence-electron chi connectivity index (χ0n) is 8.65. The van der Waals surface area contributed by atoms with Crippen molar-refractivity contribution in [1.29, 1.82) is 0 Å². The van der Waals surface area contributed by atoms with Crippen LogP contribution in [-0.2, 0) is 0 Å². The van der Waals surface area contributed by atoms with E-state index in [1.54, 1.807) is 12.1 Å². The van der Waals surface area contributed by atoms with Gasteiger partial charge in [0.1, 0.15) is 5.75 Å². The van der Waals surface area contributed by atoms with Gasteiger partial charge in [-0.15, -0.1) is 0 Å². The summed E-state index contributed by atoms with van der Waals surface area (Å²) in [4.78, 5) is 8.46. The van der Waals surface area contributed by atoms with Crippen LogP contribution in [0.1, 0.15) is 30.9 Å². The normalized spacial score (nSPS) is 16.3. The highest BCUT2D eigenvalue weighted by Crippen LogP contribution is 2.39. The molecule has 3 nitrogen and oxygen atoms in total. The van der Waals surface area contributed by atoms with Crippen molar-refractivity contribution in [3.8, 4) is 5.75 Å². The smallest absolute Gasteiger partial charge is 0.223 e. The van der Waals surface area contributed by atoms with Crippen LogP contribution in [0.4, 0.5) is 0 Å². The lowest BCUT2D eigenvalue weighted by Gasteiger charge is -2.25. The van der Waals surface area contributed by atoms with Gasteiger partial charge in [-0.25, -0.2) is 9.97 Å². The highest BCUT2D eigenvalue weighted by molar-refractivity contribution is 6.28. The first-order chi connectivity index (χ1) is 7.74. The minimum Gasteiger partial charge on any atom is -0.508 e. The van der Waals surface area contributed by atoms with Gasteiger partial charge in [0.15, 0.2) is 0 Å². The van der Waals surface area contributed by atoms with E-state index in [1.807, 2.05) is 6.07 Å². The number of aromatic nitrogens is 2. The van der Waals surface area contributed by atoms with E-state index >= 15 is 0 Å². The van der Waals surface area contributed by atoms with Crippen LogP contribution in [0.5, 0.6) is 5.75 Å². The Labute approximate surface area is 98.1 Å². The summed E-state index contributed by atoms with van der Waals surface area (Å²) in [6.07, 6.45) is 3.60. The second kappa shape index (κ2) is 3.59. The third-order valence-corrected chi connectivity index (χ3v) is 3.34. The van der Waals surface area contributed by atoms with E-state index < -0.39 is 0 Å². The number of hydrogen-bond donors (Lipinski definition) is 1. The number of halogens is 1. The molecule has 0 saturated heterocycles. The molecule has 0 amide bonds. The molecule has 0 bridgehead atoms. The van der Waals surface area contributed by atoms with Gasteiger partial charge in [-0.1, -0.05) is 6.42 Å². The van der Waals surface area contributed by atoms with E-state index in [4.69, 9.17) is 11.6 Å². The minimum atomic E-state index is 0.210. The van der Waals surface area contributed by atoms with Gasteiger partial charge in [-0.05, 0) is 36.6 Å². The van der Waals surface area contributed by atoms with Gasteiger partial charge in [0.2, 0.25) is 5.28 Å². The summed E-state index contributed by atoms with van der Waals surface area (Å²) in [5, 5.41) is 10.7. The van der Waals surface area contributed by atoms with Crippen LogP contribution in [0.3, 0.4) is 0 Å². The summed E-state index contributed by atoms with van der Waals surface area (Å²) < 4.78 is 0. The molecule has 0 atom stereocenters. The zero-order chi connectivity index (χ0) is 11.1.